The second-order valence-corrected chi connectivity index (χ2v) is 5.12. The first kappa shape index (κ1) is 14.0. The number of hydrogen-bond donors (Lipinski definition) is 1. The van der Waals surface area contributed by atoms with E-state index in [1.165, 1.54) is 12.8 Å². The van der Waals surface area contributed by atoms with Gasteiger partial charge in [-0.3, -0.25) is 10.1 Å². The van der Waals surface area contributed by atoms with E-state index in [9.17, 15) is 10.1 Å². The highest BCUT2D eigenvalue weighted by Gasteiger charge is 2.18. The first-order chi connectivity index (χ1) is 9.18. The summed E-state index contributed by atoms with van der Waals surface area (Å²) in [4.78, 5) is 13.0. The van der Waals surface area contributed by atoms with E-state index in [1.54, 1.807) is 12.1 Å². The third kappa shape index (κ3) is 3.75. The Bertz CT molecular complexity index is 430. The molecule has 1 saturated heterocycles. The highest BCUT2D eigenvalue weighted by atomic mass is 16.6. The summed E-state index contributed by atoms with van der Waals surface area (Å²) in [6.07, 6.45) is 3.14. The van der Waals surface area contributed by atoms with Crippen molar-refractivity contribution in [3.8, 4) is 0 Å². The molecule has 1 aromatic carbocycles. The van der Waals surface area contributed by atoms with Crippen LogP contribution in [0.2, 0.25) is 0 Å². The van der Waals surface area contributed by atoms with Crippen molar-refractivity contribution in [2.24, 2.45) is 0 Å². The van der Waals surface area contributed by atoms with Crippen molar-refractivity contribution in [2.75, 3.05) is 26.7 Å². The molecule has 0 radical (unpaired) electrons. The van der Waals surface area contributed by atoms with Crippen LogP contribution in [-0.2, 0) is 6.42 Å². The smallest absolute Gasteiger partial charge is 0.272 e. The minimum absolute atomic E-state index is 0.234. The summed E-state index contributed by atoms with van der Waals surface area (Å²) < 4.78 is 0. The normalized spacial score (nSPS) is 19.6. The number of piperidine rings is 1. The van der Waals surface area contributed by atoms with E-state index in [-0.39, 0.29) is 10.6 Å². The molecule has 1 N–H and O–H groups in total. The molecule has 1 aliphatic rings. The van der Waals surface area contributed by atoms with Gasteiger partial charge in [0.15, 0.2) is 0 Å². The minimum atomic E-state index is -0.294. The molecule has 19 heavy (non-hydrogen) atoms. The average Bonchev–Trinajstić information content (AvgIpc) is 2.46. The molecule has 0 amide bonds. The van der Waals surface area contributed by atoms with E-state index < -0.39 is 0 Å². The molecule has 1 fully saturated rings. The maximum absolute atomic E-state index is 11.0. The molecule has 1 aromatic rings. The van der Waals surface area contributed by atoms with Gasteiger partial charge in [-0.2, -0.15) is 0 Å². The molecule has 0 saturated carbocycles. The van der Waals surface area contributed by atoms with Gasteiger partial charge in [0.1, 0.15) is 0 Å². The third-order valence-electron chi connectivity index (χ3n) is 3.82. The Morgan fingerprint density at radius 3 is 2.95 bits per heavy atom. The lowest BCUT2D eigenvalue weighted by Gasteiger charge is -2.31. The van der Waals surface area contributed by atoms with Crippen molar-refractivity contribution < 1.29 is 4.92 Å². The van der Waals surface area contributed by atoms with Crippen molar-refractivity contribution >= 4 is 5.69 Å². The maximum Gasteiger partial charge on any atom is 0.272 e. The molecule has 1 heterocycles. The molecule has 1 aliphatic heterocycles. The molecular formula is C14H21N3O2. The van der Waals surface area contributed by atoms with Gasteiger partial charge in [-0.05, 0) is 32.9 Å². The molecular weight excluding hydrogens is 242 g/mol. The first-order valence-electron chi connectivity index (χ1n) is 6.81. The van der Waals surface area contributed by atoms with Crippen LogP contribution in [0.5, 0.6) is 0 Å². The quantitative estimate of drug-likeness (QED) is 0.650. The minimum Gasteiger partial charge on any atom is -0.315 e. The molecule has 2 rings (SSSR count). The third-order valence-corrected chi connectivity index (χ3v) is 3.82. The second kappa shape index (κ2) is 6.63. The molecule has 1 unspecified atom stereocenters. The second-order valence-electron chi connectivity index (χ2n) is 5.12. The van der Waals surface area contributed by atoms with Crippen LogP contribution in [0, 0.1) is 10.1 Å². The molecule has 104 valence electrons. The Balaban J connectivity index is 1.92. The summed E-state index contributed by atoms with van der Waals surface area (Å²) in [5.41, 5.74) is 1.06. The van der Waals surface area contributed by atoms with E-state index in [4.69, 9.17) is 0 Å². The lowest BCUT2D eigenvalue weighted by atomic mass is 10.0. The molecule has 5 heteroatoms. The van der Waals surface area contributed by atoms with Crippen molar-refractivity contribution in [3.63, 3.8) is 0 Å². The molecule has 5 nitrogen and oxygen atoms in total. The summed E-state index contributed by atoms with van der Waals surface area (Å²) in [6, 6.07) is 7.57. The number of nitro benzene ring substituents is 1. The Morgan fingerprint density at radius 1 is 1.47 bits per heavy atom. The molecule has 1 atom stereocenters. The Kier molecular flexibility index (Phi) is 4.87. The zero-order chi connectivity index (χ0) is 13.7. The maximum atomic E-state index is 11.0. The lowest BCUT2D eigenvalue weighted by Crippen LogP contribution is -2.44. The van der Waals surface area contributed by atoms with Gasteiger partial charge in [0, 0.05) is 30.8 Å². The van der Waals surface area contributed by atoms with E-state index in [2.05, 4.69) is 17.3 Å². The number of likely N-dealkylation sites (N-methyl/N-ethyl adjacent to an activating group) is 1. The van der Waals surface area contributed by atoms with Crippen molar-refractivity contribution in [3.05, 3.63) is 39.9 Å². The van der Waals surface area contributed by atoms with E-state index >= 15 is 0 Å². The number of nitro groups is 1. The fourth-order valence-corrected chi connectivity index (χ4v) is 2.59. The summed E-state index contributed by atoms with van der Waals surface area (Å²) >= 11 is 0. The summed E-state index contributed by atoms with van der Waals surface area (Å²) in [5, 5.41) is 14.3. The number of rotatable bonds is 5. The van der Waals surface area contributed by atoms with Gasteiger partial charge in [0.2, 0.25) is 0 Å². The van der Waals surface area contributed by atoms with Crippen LogP contribution >= 0.6 is 0 Å². The van der Waals surface area contributed by atoms with Gasteiger partial charge in [0.05, 0.1) is 4.92 Å². The summed E-state index contributed by atoms with van der Waals surface area (Å²) in [5.74, 6) is 0. The van der Waals surface area contributed by atoms with Crippen LogP contribution in [0.25, 0.3) is 0 Å². The molecule has 0 aliphatic carbocycles. The topological polar surface area (TPSA) is 58.4 Å². The Hall–Kier alpha value is -1.46. The van der Waals surface area contributed by atoms with Gasteiger partial charge >= 0.3 is 0 Å². The highest BCUT2D eigenvalue weighted by Crippen LogP contribution is 2.19. The van der Waals surface area contributed by atoms with Crippen LogP contribution in [0.3, 0.4) is 0 Å². The predicted molar refractivity (Wildman–Crippen MR) is 75.3 cm³/mol. The number of nitrogens with zero attached hydrogens (tertiary/aromatic N) is 2. The number of benzene rings is 1. The summed E-state index contributed by atoms with van der Waals surface area (Å²) in [7, 11) is 2.10. The molecule has 0 bridgehead atoms. The fraction of sp³-hybridized carbons (Fsp3) is 0.571. The lowest BCUT2D eigenvalue weighted by molar-refractivity contribution is -0.385. The van der Waals surface area contributed by atoms with Gasteiger partial charge in [-0.25, -0.2) is 0 Å². The van der Waals surface area contributed by atoms with Crippen LogP contribution < -0.4 is 5.32 Å². The number of para-hydroxylation sites is 1. The SMILES string of the molecule is CN(CCc1ccccc1[N+](=O)[O-])C1CCCNC1. The average molecular weight is 263 g/mol. The first-order valence-corrected chi connectivity index (χ1v) is 6.81. The largest absolute Gasteiger partial charge is 0.315 e. The standard InChI is InChI=1S/C14H21N3O2/c1-16(13-6-4-9-15-11-13)10-8-12-5-2-3-7-14(12)17(18)19/h2-3,5,7,13,15H,4,6,8-11H2,1H3. The van der Waals surface area contributed by atoms with E-state index in [1.807, 2.05) is 12.1 Å². The zero-order valence-corrected chi connectivity index (χ0v) is 11.3. The fourth-order valence-electron chi connectivity index (χ4n) is 2.59. The molecule has 0 spiro atoms. The van der Waals surface area contributed by atoms with Crippen LogP contribution in [0.4, 0.5) is 5.69 Å². The highest BCUT2D eigenvalue weighted by molar-refractivity contribution is 5.39. The van der Waals surface area contributed by atoms with Crippen molar-refractivity contribution in [1.29, 1.82) is 0 Å². The van der Waals surface area contributed by atoms with E-state index in [0.717, 1.165) is 31.6 Å². The Morgan fingerprint density at radius 2 is 2.26 bits per heavy atom. The van der Waals surface area contributed by atoms with Crippen molar-refractivity contribution in [2.45, 2.75) is 25.3 Å². The monoisotopic (exact) mass is 263 g/mol. The van der Waals surface area contributed by atoms with Crippen LogP contribution in [0.15, 0.2) is 24.3 Å². The zero-order valence-electron chi connectivity index (χ0n) is 11.3. The van der Waals surface area contributed by atoms with Crippen LogP contribution in [-0.4, -0.2) is 42.5 Å². The predicted octanol–water partition coefficient (Wildman–Crippen LogP) is 1.82. The van der Waals surface area contributed by atoms with Gasteiger partial charge in [-0.15, -0.1) is 0 Å². The van der Waals surface area contributed by atoms with Crippen LogP contribution in [0.1, 0.15) is 18.4 Å². The number of nitrogens with one attached hydrogen (secondary N) is 1. The number of hydrogen-bond acceptors (Lipinski definition) is 4. The Labute approximate surface area is 113 Å². The summed E-state index contributed by atoms with van der Waals surface area (Å²) in [6.45, 7) is 2.99. The van der Waals surface area contributed by atoms with Gasteiger partial charge in [0.25, 0.3) is 5.69 Å². The van der Waals surface area contributed by atoms with Gasteiger partial charge < -0.3 is 10.2 Å². The van der Waals surface area contributed by atoms with Gasteiger partial charge in [-0.1, -0.05) is 18.2 Å². The molecule has 0 aromatic heterocycles. The van der Waals surface area contributed by atoms with Crippen molar-refractivity contribution in [1.82, 2.24) is 10.2 Å². The van der Waals surface area contributed by atoms with E-state index in [0.29, 0.717) is 6.04 Å².